The molecule has 0 amide bonds. The summed E-state index contributed by atoms with van der Waals surface area (Å²) in [6.07, 6.45) is 2.86. The number of nitrogens with one attached hydrogen (secondary N) is 2. The van der Waals surface area contributed by atoms with E-state index in [0.29, 0.717) is 17.5 Å². The smallest absolute Gasteiger partial charge is 0.242 e. The fourth-order valence-electron chi connectivity index (χ4n) is 1.75. The van der Waals surface area contributed by atoms with E-state index in [1.807, 2.05) is 6.92 Å². The molecule has 0 aliphatic heterocycles. The van der Waals surface area contributed by atoms with Gasteiger partial charge in [-0.3, -0.25) is 0 Å². The molecule has 1 atom stereocenters. The van der Waals surface area contributed by atoms with E-state index >= 15 is 0 Å². The molecule has 0 saturated carbocycles. The predicted molar refractivity (Wildman–Crippen MR) is 78.4 cm³/mol. The zero-order valence-electron chi connectivity index (χ0n) is 12.1. The van der Waals surface area contributed by atoms with Crippen LogP contribution in [0.2, 0.25) is 0 Å². The molecule has 2 aromatic rings. The van der Waals surface area contributed by atoms with Crippen molar-refractivity contribution in [3.8, 4) is 0 Å². The average molecular weight is 310 g/mol. The van der Waals surface area contributed by atoms with Crippen molar-refractivity contribution in [2.75, 3.05) is 11.9 Å². The summed E-state index contributed by atoms with van der Waals surface area (Å²) in [6, 6.07) is 2.57. The Bertz CT molecular complexity index is 694. The molecule has 2 rings (SSSR count). The highest BCUT2D eigenvalue weighted by atomic mass is 32.2. The molecule has 0 aliphatic rings. The standard InChI is InChI=1S/C13H18N4O3S/c1-4-14-12-6-5-11(8-15-12)21(18,19)17-10(3)13-16-7-9(2)20-13/h5-8,10,17H,4H2,1-3H3,(H,14,15). The van der Waals surface area contributed by atoms with Crippen molar-refractivity contribution < 1.29 is 12.8 Å². The second-order valence-electron chi connectivity index (χ2n) is 4.56. The zero-order valence-corrected chi connectivity index (χ0v) is 12.9. The molecular weight excluding hydrogens is 292 g/mol. The molecule has 0 aliphatic carbocycles. The third kappa shape index (κ3) is 3.79. The van der Waals surface area contributed by atoms with Gasteiger partial charge in [-0.2, -0.15) is 4.72 Å². The first-order chi connectivity index (χ1) is 9.92. The maximum atomic E-state index is 12.3. The molecule has 7 nitrogen and oxygen atoms in total. The Morgan fingerprint density at radius 2 is 2.05 bits per heavy atom. The number of rotatable bonds is 6. The Morgan fingerprint density at radius 3 is 2.57 bits per heavy atom. The van der Waals surface area contributed by atoms with Gasteiger partial charge in [-0.25, -0.2) is 18.4 Å². The van der Waals surface area contributed by atoms with Gasteiger partial charge in [0.05, 0.1) is 12.2 Å². The highest BCUT2D eigenvalue weighted by Gasteiger charge is 2.21. The molecule has 0 fully saturated rings. The summed E-state index contributed by atoms with van der Waals surface area (Å²) in [6.45, 7) is 6.08. The number of hydrogen-bond acceptors (Lipinski definition) is 6. The molecule has 2 N–H and O–H groups in total. The molecule has 0 aromatic carbocycles. The Kier molecular flexibility index (Phi) is 4.59. The van der Waals surface area contributed by atoms with Crippen molar-refractivity contribution in [3.63, 3.8) is 0 Å². The van der Waals surface area contributed by atoms with Crippen LogP contribution < -0.4 is 10.0 Å². The van der Waals surface area contributed by atoms with Gasteiger partial charge in [0.1, 0.15) is 16.5 Å². The van der Waals surface area contributed by atoms with Gasteiger partial charge in [-0.1, -0.05) is 0 Å². The van der Waals surface area contributed by atoms with Crippen LogP contribution in [-0.4, -0.2) is 24.9 Å². The van der Waals surface area contributed by atoms with Crippen molar-refractivity contribution in [2.24, 2.45) is 0 Å². The number of aromatic nitrogens is 2. The average Bonchev–Trinajstić information content (AvgIpc) is 2.86. The van der Waals surface area contributed by atoms with E-state index in [4.69, 9.17) is 4.42 Å². The van der Waals surface area contributed by atoms with Gasteiger partial charge in [0, 0.05) is 12.7 Å². The lowest BCUT2D eigenvalue weighted by Crippen LogP contribution is -2.27. The second kappa shape index (κ2) is 6.23. The number of oxazole rings is 1. The molecular formula is C13H18N4O3S. The molecule has 0 bridgehead atoms. The van der Waals surface area contributed by atoms with Crippen LogP contribution in [0.1, 0.15) is 31.5 Å². The van der Waals surface area contributed by atoms with Crippen molar-refractivity contribution in [1.82, 2.24) is 14.7 Å². The lowest BCUT2D eigenvalue weighted by atomic mass is 10.4. The van der Waals surface area contributed by atoms with Crippen LogP contribution in [0.15, 0.2) is 33.8 Å². The van der Waals surface area contributed by atoms with Crippen molar-refractivity contribution >= 4 is 15.8 Å². The van der Waals surface area contributed by atoms with E-state index in [9.17, 15) is 8.42 Å². The Hall–Kier alpha value is -1.93. The van der Waals surface area contributed by atoms with Gasteiger partial charge >= 0.3 is 0 Å². The molecule has 0 radical (unpaired) electrons. The van der Waals surface area contributed by atoms with Crippen molar-refractivity contribution in [3.05, 3.63) is 36.2 Å². The van der Waals surface area contributed by atoms with Crippen LogP contribution in [0, 0.1) is 6.92 Å². The predicted octanol–water partition coefficient (Wildman–Crippen LogP) is 1.85. The van der Waals surface area contributed by atoms with Gasteiger partial charge in [-0.15, -0.1) is 0 Å². The number of pyridine rings is 1. The van der Waals surface area contributed by atoms with E-state index in [1.54, 1.807) is 26.1 Å². The summed E-state index contributed by atoms with van der Waals surface area (Å²) in [5.41, 5.74) is 0. The lowest BCUT2D eigenvalue weighted by molar-refractivity contribution is 0.428. The van der Waals surface area contributed by atoms with Gasteiger partial charge in [0.2, 0.25) is 15.9 Å². The Labute approximate surface area is 123 Å². The number of hydrogen-bond donors (Lipinski definition) is 2. The Morgan fingerprint density at radius 1 is 1.29 bits per heavy atom. The van der Waals surface area contributed by atoms with Crippen LogP contribution in [0.25, 0.3) is 0 Å². The highest BCUT2D eigenvalue weighted by molar-refractivity contribution is 7.89. The largest absolute Gasteiger partial charge is 0.444 e. The summed E-state index contributed by atoms with van der Waals surface area (Å²) in [5, 5.41) is 3.00. The minimum atomic E-state index is -3.67. The summed E-state index contributed by atoms with van der Waals surface area (Å²) >= 11 is 0. The van der Waals surface area contributed by atoms with Gasteiger partial charge in [-0.05, 0) is 32.9 Å². The first-order valence-electron chi connectivity index (χ1n) is 6.57. The number of anilines is 1. The maximum Gasteiger partial charge on any atom is 0.242 e. The highest BCUT2D eigenvalue weighted by Crippen LogP contribution is 2.17. The number of nitrogens with zero attached hydrogens (tertiary/aromatic N) is 2. The van der Waals surface area contributed by atoms with Gasteiger partial charge < -0.3 is 9.73 Å². The third-order valence-corrected chi connectivity index (χ3v) is 4.27. The third-order valence-electron chi connectivity index (χ3n) is 2.75. The molecule has 21 heavy (non-hydrogen) atoms. The minimum absolute atomic E-state index is 0.0966. The summed E-state index contributed by atoms with van der Waals surface area (Å²) < 4.78 is 32.3. The van der Waals surface area contributed by atoms with E-state index in [0.717, 1.165) is 6.54 Å². The normalized spacial score (nSPS) is 13.1. The van der Waals surface area contributed by atoms with E-state index in [2.05, 4.69) is 20.0 Å². The van der Waals surface area contributed by atoms with E-state index in [-0.39, 0.29) is 4.90 Å². The van der Waals surface area contributed by atoms with Gasteiger partial charge in [0.15, 0.2) is 0 Å². The molecule has 2 aromatic heterocycles. The molecule has 1 unspecified atom stereocenters. The molecule has 0 spiro atoms. The SMILES string of the molecule is CCNc1ccc(S(=O)(=O)NC(C)c2ncc(C)o2)cn1. The van der Waals surface area contributed by atoms with Crippen molar-refractivity contribution in [1.29, 1.82) is 0 Å². The fourth-order valence-corrected chi connectivity index (χ4v) is 2.89. The second-order valence-corrected chi connectivity index (χ2v) is 6.28. The van der Waals surface area contributed by atoms with Gasteiger partial charge in [0.25, 0.3) is 0 Å². The minimum Gasteiger partial charge on any atom is -0.444 e. The van der Waals surface area contributed by atoms with Crippen LogP contribution in [0.5, 0.6) is 0 Å². The maximum absolute atomic E-state index is 12.3. The molecule has 8 heteroatoms. The van der Waals surface area contributed by atoms with E-state index < -0.39 is 16.1 Å². The molecule has 2 heterocycles. The summed E-state index contributed by atoms with van der Waals surface area (Å²) in [5.74, 6) is 1.59. The van der Waals surface area contributed by atoms with Crippen LogP contribution in [-0.2, 0) is 10.0 Å². The zero-order chi connectivity index (χ0) is 15.5. The molecule has 114 valence electrons. The van der Waals surface area contributed by atoms with E-state index in [1.165, 1.54) is 12.3 Å². The van der Waals surface area contributed by atoms with Crippen LogP contribution in [0.4, 0.5) is 5.82 Å². The molecule has 0 saturated heterocycles. The summed E-state index contributed by atoms with van der Waals surface area (Å²) in [4.78, 5) is 8.16. The number of sulfonamides is 1. The van der Waals surface area contributed by atoms with Crippen LogP contribution >= 0.6 is 0 Å². The first kappa shape index (κ1) is 15.5. The first-order valence-corrected chi connectivity index (χ1v) is 8.05. The summed E-state index contributed by atoms with van der Waals surface area (Å²) in [7, 11) is -3.67. The quantitative estimate of drug-likeness (QED) is 0.845. The Balaban J connectivity index is 2.14. The fraction of sp³-hybridized carbons (Fsp3) is 0.385. The monoisotopic (exact) mass is 310 g/mol. The lowest BCUT2D eigenvalue weighted by Gasteiger charge is -2.11. The number of aryl methyl sites for hydroxylation is 1. The topological polar surface area (TPSA) is 97.1 Å². The van der Waals surface area contributed by atoms with Crippen molar-refractivity contribution in [2.45, 2.75) is 31.7 Å². The van der Waals surface area contributed by atoms with Crippen LogP contribution in [0.3, 0.4) is 0 Å².